The molecule has 10 heteroatoms. The quantitative estimate of drug-likeness (QED) is 0.125. The van der Waals surface area contributed by atoms with Crippen LogP contribution >= 0.6 is 31.3 Å². The highest BCUT2D eigenvalue weighted by Crippen LogP contribution is 2.39. The summed E-state index contributed by atoms with van der Waals surface area (Å²) in [5, 5.41) is -0.981. The van der Waals surface area contributed by atoms with Crippen LogP contribution in [0.3, 0.4) is 0 Å². The van der Waals surface area contributed by atoms with E-state index >= 15 is 0 Å². The summed E-state index contributed by atoms with van der Waals surface area (Å²) in [5.41, 5.74) is 0. The number of carbonyl (C=O) groups excluding carboxylic acids is 2. The lowest BCUT2D eigenvalue weighted by molar-refractivity contribution is -0.870. The monoisotopic (exact) mass is 522 g/mol. The van der Waals surface area contributed by atoms with E-state index in [0.717, 1.165) is 68.5 Å². The van der Waals surface area contributed by atoms with Crippen LogP contribution in [0, 0.1) is 0 Å². The Bertz CT molecular complexity index is 808. The lowest BCUT2D eigenvalue weighted by atomic mass is 10.2. The Labute approximate surface area is 216 Å². The van der Waals surface area contributed by atoms with Crippen LogP contribution in [0.15, 0.2) is 0 Å². The summed E-state index contributed by atoms with van der Waals surface area (Å²) in [7, 11) is -5.17. The molecule has 0 aromatic rings. The molecular weight excluding hydrogens is 469 g/mol. The molecule has 190 valence electrons. The van der Waals surface area contributed by atoms with Crippen molar-refractivity contribution < 1.29 is 44.9 Å². The highest BCUT2D eigenvalue weighted by atomic mass is 32.2. The Morgan fingerprint density at radius 1 is 0.969 bits per heavy atom. The SMILES string of the molecule is [2H]C([2H])([2H])[N+](CCOP(=O)([O-])OCC(CSC(=O)CCCCCC)SC(=O)CCCCCC)(C([2H])([2H])[2H])C([2H])([2H])[2H]. The fourth-order valence-electron chi connectivity index (χ4n) is 2.51. The zero-order valence-electron chi connectivity index (χ0n) is 28.1. The number of nitrogens with zero attached hydrogens (tertiary/aromatic N) is 1. The Hall–Kier alpha value is 0.110. The van der Waals surface area contributed by atoms with E-state index < -0.39 is 58.2 Å². The number of rotatable bonds is 20. The molecule has 0 N–H and O–H groups in total. The van der Waals surface area contributed by atoms with Gasteiger partial charge in [0, 0.05) is 23.8 Å². The van der Waals surface area contributed by atoms with Crippen molar-refractivity contribution in [3.8, 4) is 0 Å². The highest BCUT2D eigenvalue weighted by Gasteiger charge is 2.21. The Morgan fingerprint density at radius 3 is 2.12 bits per heavy atom. The largest absolute Gasteiger partial charge is 0.756 e. The van der Waals surface area contributed by atoms with Gasteiger partial charge in [-0.25, -0.2) is 0 Å². The van der Waals surface area contributed by atoms with E-state index in [0.29, 0.717) is 12.8 Å². The summed E-state index contributed by atoms with van der Waals surface area (Å²) in [6.07, 6.45) is 7.86. The molecule has 0 aliphatic carbocycles. The second kappa shape index (κ2) is 18.4. The van der Waals surface area contributed by atoms with Crippen molar-refractivity contribution in [3.63, 3.8) is 0 Å². The average molecular weight is 523 g/mol. The molecule has 0 bridgehead atoms. The molecule has 0 aliphatic rings. The highest BCUT2D eigenvalue weighted by molar-refractivity contribution is 8.17. The number of quaternary nitrogens is 1. The molecule has 7 nitrogen and oxygen atoms in total. The molecule has 2 atom stereocenters. The lowest BCUT2D eigenvalue weighted by Gasteiger charge is -2.28. The van der Waals surface area contributed by atoms with Crippen LogP contribution in [0.25, 0.3) is 0 Å². The van der Waals surface area contributed by atoms with E-state index in [1.165, 1.54) is 0 Å². The summed E-state index contributed by atoms with van der Waals surface area (Å²) in [6, 6.07) is 0. The van der Waals surface area contributed by atoms with Crippen molar-refractivity contribution >= 4 is 41.6 Å². The molecular formula is C22H44NO6PS2. The van der Waals surface area contributed by atoms with Gasteiger partial charge in [-0.15, -0.1) is 0 Å². The minimum absolute atomic E-state index is 0.0863. The summed E-state index contributed by atoms with van der Waals surface area (Å²) in [4.78, 5) is 37.2. The minimum Gasteiger partial charge on any atom is -0.756 e. The Morgan fingerprint density at radius 2 is 1.56 bits per heavy atom. The van der Waals surface area contributed by atoms with Gasteiger partial charge in [0.25, 0.3) is 7.82 Å². The van der Waals surface area contributed by atoms with Gasteiger partial charge in [0.15, 0.2) is 10.2 Å². The van der Waals surface area contributed by atoms with Crippen LogP contribution in [-0.4, -0.2) is 66.4 Å². The maximum absolute atomic E-state index is 12.5. The number of thioether (sulfide) groups is 2. The molecule has 0 heterocycles. The van der Waals surface area contributed by atoms with Gasteiger partial charge in [-0.2, -0.15) is 0 Å². The van der Waals surface area contributed by atoms with Crippen molar-refractivity contribution in [1.29, 1.82) is 0 Å². The molecule has 0 radical (unpaired) electrons. The number of phosphoric acid groups is 1. The molecule has 0 spiro atoms. The number of unbranched alkanes of at least 4 members (excludes halogenated alkanes) is 6. The first-order valence-electron chi connectivity index (χ1n) is 15.6. The predicted octanol–water partition coefficient (Wildman–Crippen LogP) is 5.02. The summed E-state index contributed by atoms with van der Waals surface area (Å²) < 4.78 is 87.9. The van der Waals surface area contributed by atoms with Gasteiger partial charge >= 0.3 is 0 Å². The second-order valence-corrected chi connectivity index (χ2v) is 11.4. The fourth-order valence-corrected chi connectivity index (χ4v) is 5.36. The first-order chi connectivity index (χ1) is 18.7. The van der Waals surface area contributed by atoms with Crippen LogP contribution in [-0.2, 0) is 23.2 Å². The van der Waals surface area contributed by atoms with Crippen LogP contribution in [0.1, 0.15) is 90.4 Å². The van der Waals surface area contributed by atoms with Crippen molar-refractivity contribution in [1.82, 2.24) is 0 Å². The lowest BCUT2D eigenvalue weighted by Crippen LogP contribution is -2.37. The van der Waals surface area contributed by atoms with E-state index in [9.17, 15) is 19.0 Å². The molecule has 0 rings (SSSR count). The molecule has 0 aromatic carbocycles. The van der Waals surface area contributed by atoms with Gasteiger partial charge in [-0.3, -0.25) is 14.2 Å². The van der Waals surface area contributed by atoms with Crippen LogP contribution in [0.4, 0.5) is 0 Å². The van der Waals surface area contributed by atoms with Gasteiger partial charge in [-0.05, 0) is 12.8 Å². The molecule has 0 aromatic heterocycles. The van der Waals surface area contributed by atoms with Crippen molar-refractivity contribution in [2.75, 3.05) is 46.4 Å². The third-order valence-corrected chi connectivity index (χ3v) is 7.67. The first kappa shape index (κ1) is 19.3. The molecule has 2 unspecified atom stereocenters. The van der Waals surface area contributed by atoms with Crippen LogP contribution in [0.2, 0.25) is 0 Å². The molecule has 0 aliphatic heterocycles. The number of carbonyl (C=O) groups is 2. The topological polar surface area (TPSA) is 92.7 Å². The predicted molar refractivity (Wildman–Crippen MR) is 134 cm³/mol. The van der Waals surface area contributed by atoms with Gasteiger partial charge < -0.3 is 18.4 Å². The number of phosphoric ester groups is 1. The Kier molecular flexibility index (Phi) is 11.1. The van der Waals surface area contributed by atoms with Gasteiger partial charge in [-0.1, -0.05) is 75.9 Å². The number of likely N-dealkylation sites (N-methyl/N-ethyl adjacent to an activating group) is 1. The van der Waals surface area contributed by atoms with E-state index in [1.54, 1.807) is 0 Å². The smallest absolute Gasteiger partial charge is 0.268 e. The molecule has 0 saturated heterocycles. The third kappa shape index (κ3) is 20.7. The summed E-state index contributed by atoms with van der Waals surface area (Å²) in [6.45, 7) is -9.36. The normalized spacial score (nSPS) is 20.2. The van der Waals surface area contributed by atoms with Crippen LogP contribution in [0.5, 0.6) is 0 Å². The van der Waals surface area contributed by atoms with Crippen molar-refractivity contribution in [2.24, 2.45) is 0 Å². The average Bonchev–Trinajstić information content (AvgIpc) is 2.81. The van der Waals surface area contributed by atoms with E-state index in [2.05, 4.69) is 11.4 Å². The standard InChI is InChI=1S/C22H44NO6PS2/c1-6-8-10-12-14-21(24)31-19-20(32-22(25)15-13-11-9-7-2)18-29-30(26,27)28-17-16-23(3,4)5/h20H,6-19H2,1-5H3/i3D3,4D3,5D3. The van der Waals surface area contributed by atoms with Gasteiger partial charge in [0.1, 0.15) is 13.2 Å². The molecule has 0 amide bonds. The maximum atomic E-state index is 12.5. The molecule has 0 fully saturated rings. The van der Waals surface area contributed by atoms with Crippen LogP contribution < -0.4 is 4.89 Å². The number of hydrogen-bond acceptors (Lipinski definition) is 8. The summed E-state index contributed by atoms with van der Waals surface area (Å²) >= 11 is 1.86. The van der Waals surface area contributed by atoms with E-state index in [-0.39, 0.29) is 22.4 Å². The van der Waals surface area contributed by atoms with Gasteiger partial charge in [0.2, 0.25) is 0 Å². The minimum atomic E-state index is -5.17. The molecule has 32 heavy (non-hydrogen) atoms. The third-order valence-electron chi connectivity index (χ3n) is 4.29. The van der Waals surface area contributed by atoms with Crippen molar-refractivity contribution in [3.05, 3.63) is 0 Å². The molecule has 0 saturated carbocycles. The van der Waals surface area contributed by atoms with Gasteiger partial charge in [0.05, 0.1) is 39.9 Å². The fraction of sp³-hybridized carbons (Fsp3) is 0.909. The first-order valence-corrected chi connectivity index (χ1v) is 14.4. The summed E-state index contributed by atoms with van der Waals surface area (Å²) in [5.74, 6) is 0.106. The van der Waals surface area contributed by atoms with E-state index in [4.69, 9.17) is 16.9 Å². The zero-order valence-corrected chi connectivity index (χ0v) is 21.7. The Balaban J connectivity index is 5.33. The van der Waals surface area contributed by atoms with Crippen molar-refractivity contribution in [2.45, 2.75) is 83.3 Å². The zero-order chi connectivity index (χ0) is 32.0. The second-order valence-electron chi connectivity index (χ2n) is 7.53. The maximum Gasteiger partial charge on any atom is 0.268 e. The number of hydrogen-bond donors (Lipinski definition) is 0. The van der Waals surface area contributed by atoms with E-state index in [1.807, 2.05) is 6.92 Å².